The summed E-state index contributed by atoms with van der Waals surface area (Å²) in [5.41, 5.74) is 7.32. The summed E-state index contributed by atoms with van der Waals surface area (Å²) in [5.74, 6) is -0.363. The van der Waals surface area contributed by atoms with Gasteiger partial charge in [0.1, 0.15) is 0 Å². The van der Waals surface area contributed by atoms with Crippen LogP contribution in [0.4, 0.5) is 5.69 Å². The molecule has 0 unspecified atom stereocenters. The molecule has 4 N–H and O–H groups in total. The minimum absolute atomic E-state index is 0.0771. The summed E-state index contributed by atoms with van der Waals surface area (Å²) in [5, 5.41) is 15.7. The monoisotopic (exact) mass is 309 g/mol. The Kier molecular flexibility index (Phi) is 4.77. The number of anilines is 1. The molecular formula is C13H16ClN5O2. The van der Waals surface area contributed by atoms with E-state index in [9.17, 15) is 4.79 Å². The second-order valence-electron chi connectivity index (χ2n) is 4.39. The van der Waals surface area contributed by atoms with Crippen LogP contribution in [0.5, 0.6) is 0 Å². The first-order valence-electron chi connectivity index (χ1n) is 6.39. The number of nitrogen functional groups attached to an aromatic ring is 1. The van der Waals surface area contributed by atoms with Crippen LogP contribution in [0, 0.1) is 0 Å². The van der Waals surface area contributed by atoms with Crippen LogP contribution < -0.4 is 11.1 Å². The lowest BCUT2D eigenvalue weighted by atomic mass is 10.2. The second kappa shape index (κ2) is 6.55. The number of rotatable bonds is 5. The van der Waals surface area contributed by atoms with Crippen molar-refractivity contribution in [3.63, 3.8) is 0 Å². The van der Waals surface area contributed by atoms with Crippen molar-refractivity contribution >= 4 is 23.2 Å². The number of nitrogens with two attached hydrogens (primary N) is 1. The minimum Gasteiger partial charge on any atom is -0.397 e. The fourth-order valence-corrected chi connectivity index (χ4v) is 2.08. The number of carbonyl (C=O) groups is 1. The first-order valence-corrected chi connectivity index (χ1v) is 6.77. The third-order valence-electron chi connectivity index (χ3n) is 2.91. The smallest absolute Gasteiger partial charge is 0.271 e. The molecule has 0 bridgehead atoms. The molecule has 0 saturated carbocycles. The predicted molar refractivity (Wildman–Crippen MR) is 80.0 cm³/mol. The number of hydrogen-bond donors (Lipinski definition) is 3. The van der Waals surface area contributed by atoms with Gasteiger partial charge in [0, 0.05) is 26.4 Å². The largest absolute Gasteiger partial charge is 0.397 e. The molecule has 0 aliphatic heterocycles. The molecule has 1 amide bonds. The summed E-state index contributed by atoms with van der Waals surface area (Å²) in [6.07, 6.45) is 2.31. The molecule has 8 heteroatoms. The maximum atomic E-state index is 11.7. The van der Waals surface area contributed by atoms with Crippen LogP contribution in [-0.2, 0) is 6.54 Å². The van der Waals surface area contributed by atoms with Crippen molar-refractivity contribution in [2.45, 2.75) is 13.0 Å². The van der Waals surface area contributed by atoms with Crippen LogP contribution in [0.2, 0.25) is 5.15 Å². The van der Waals surface area contributed by atoms with E-state index in [0.29, 0.717) is 29.9 Å². The first-order chi connectivity index (χ1) is 10.1. The SMILES string of the molecule is CNC(=O)c1nc(-c2cn(CCCO)nc2Cl)ccc1N. The van der Waals surface area contributed by atoms with Gasteiger partial charge in [0.25, 0.3) is 5.91 Å². The summed E-state index contributed by atoms with van der Waals surface area (Å²) < 4.78 is 1.63. The van der Waals surface area contributed by atoms with E-state index in [0.717, 1.165) is 0 Å². The lowest BCUT2D eigenvalue weighted by molar-refractivity contribution is 0.0959. The molecule has 0 atom stereocenters. The van der Waals surface area contributed by atoms with Crippen molar-refractivity contribution in [1.29, 1.82) is 0 Å². The number of aryl methyl sites for hydroxylation is 1. The summed E-state index contributed by atoms with van der Waals surface area (Å²) in [6, 6.07) is 3.29. The molecular weight excluding hydrogens is 294 g/mol. The first kappa shape index (κ1) is 15.3. The number of nitrogens with one attached hydrogen (secondary N) is 1. The maximum absolute atomic E-state index is 11.7. The van der Waals surface area contributed by atoms with E-state index in [1.54, 1.807) is 23.0 Å². The topological polar surface area (TPSA) is 106 Å². The van der Waals surface area contributed by atoms with Crippen molar-refractivity contribution in [2.24, 2.45) is 0 Å². The molecule has 0 aromatic carbocycles. The Bertz CT molecular complexity index is 656. The highest BCUT2D eigenvalue weighted by Gasteiger charge is 2.15. The molecule has 2 aromatic heterocycles. The molecule has 0 aliphatic rings. The van der Waals surface area contributed by atoms with Gasteiger partial charge in [-0.3, -0.25) is 9.48 Å². The summed E-state index contributed by atoms with van der Waals surface area (Å²) in [6.45, 7) is 0.626. The third-order valence-corrected chi connectivity index (χ3v) is 3.19. The Morgan fingerprint density at radius 3 is 2.95 bits per heavy atom. The number of carbonyl (C=O) groups excluding carboxylic acids is 1. The number of halogens is 1. The average molecular weight is 310 g/mol. The summed E-state index contributed by atoms with van der Waals surface area (Å²) in [7, 11) is 1.51. The van der Waals surface area contributed by atoms with E-state index in [2.05, 4.69) is 15.4 Å². The molecule has 21 heavy (non-hydrogen) atoms. The molecule has 0 radical (unpaired) electrons. The average Bonchev–Trinajstić information content (AvgIpc) is 2.86. The van der Waals surface area contributed by atoms with Crippen LogP contribution in [0.1, 0.15) is 16.9 Å². The van der Waals surface area contributed by atoms with Crippen LogP contribution in [0.15, 0.2) is 18.3 Å². The Balaban J connectivity index is 2.38. The van der Waals surface area contributed by atoms with Gasteiger partial charge >= 0.3 is 0 Å². The number of pyridine rings is 1. The van der Waals surface area contributed by atoms with Gasteiger partial charge < -0.3 is 16.2 Å². The van der Waals surface area contributed by atoms with E-state index < -0.39 is 0 Å². The fraction of sp³-hybridized carbons (Fsp3) is 0.308. The van der Waals surface area contributed by atoms with Gasteiger partial charge in [-0.05, 0) is 18.6 Å². The van der Waals surface area contributed by atoms with Crippen molar-refractivity contribution in [2.75, 3.05) is 19.4 Å². The van der Waals surface area contributed by atoms with Gasteiger partial charge in [-0.15, -0.1) is 0 Å². The number of aliphatic hydroxyl groups is 1. The normalized spacial score (nSPS) is 10.6. The Labute approximate surface area is 126 Å². The molecule has 112 valence electrons. The highest BCUT2D eigenvalue weighted by Crippen LogP contribution is 2.26. The van der Waals surface area contributed by atoms with E-state index >= 15 is 0 Å². The van der Waals surface area contributed by atoms with Gasteiger partial charge in [-0.1, -0.05) is 11.6 Å². The van der Waals surface area contributed by atoms with Gasteiger partial charge in [0.15, 0.2) is 10.8 Å². The maximum Gasteiger partial charge on any atom is 0.271 e. The van der Waals surface area contributed by atoms with E-state index in [1.165, 1.54) is 7.05 Å². The highest BCUT2D eigenvalue weighted by atomic mass is 35.5. The van der Waals surface area contributed by atoms with Crippen LogP contribution in [0.25, 0.3) is 11.3 Å². The zero-order chi connectivity index (χ0) is 15.4. The third kappa shape index (κ3) is 3.32. The van der Waals surface area contributed by atoms with Crippen LogP contribution in [0.3, 0.4) is 0 Å². The van der Waals surface area contributed by atoms with Gasteiger partial charge in [-0.2, -0.15) is 5.10 Å². The summed E-state index contributed by atoms with van der Waals surface area (Å²) >= 11 is 6.10. The standard InChI is InChI=1S/C13H16ClN5O2/c1-16-13(21)11-9(15)3-4-10(17-11)8-7-19(5-2-6-20)18-12(8)14/h3-4,7,20H,2,5-6,15H2,1H3,(H,16,21). The number of aromatic nitrogens is 3. The zero-order valence-corrected chi connectivity index (χ0v) is 12.3. The predicted octanol–water partition coefficient (Wildman–Crippen LogP) is 0.923. The minimum atomic E-state index is -0.363. The number of amides is 1. The molecule has 0 spiro atoms. The Morgan fingerprint density at radius 1 is 1.52 bits per heavy atom. The van der Waals surface area contributed by atoms with Crippen LogP contribution >= 0.6 is 11.6 Å². The van der Waals surface area contributed by atoms with E-state index in [-0.39, 0.29) is 23.4 Å². The lowest BCUT2D eigenvalue weighted by Crippen LogP contribution is -2.21. The Hall–Kier alpha value is -2.12. The number of hydrogen-bond acceptors (Lipinski definition) is 5. The Morgan fingerprint density at radius 2 is 2.29 bits per heavy atom. The van der Waals surface area contributed by atoms with Crippen molar-refractivity contribution in [1.82, 2.24) is 20.1 Å². The van der Waals surface area contributed by atoms with Crippen molar-refractivity contribution in [3.05, 3.63) is 29.2 Å². The lowest BCUT2D eigenvalue weighted by Gasteiger charge is -2.05. The second-order valence-corrected chi connectivity index (χ2v) is 4.75. The highest BCUT2D eigenvalue weighted by molar-refractivity contribution is 6.32. The van der Waals surface area contributed by atoms with E-state index in [4.69, 9.17) is 22.4 Å². The van der Waals surface area contributed by atoms with Gasteiger partial charge in [0.2, 0.25) is 0 Å². The van der Waals surface area contributed by atoms with Crippen molar-refractivity contribution in [3.8, 4) is 11.3 Å². The van der Waals surface area contributed by atoms with Gasteiger partial charge in [0.05, 0.1) is 16.9 Å². The van der Waals surface area contributed by atoms with Crippen molar-refractivity contribution < 1.29 is 9.90 Å². The molecule has 2 heterocycles. The molecule has 2 aromatic rings. The number of nitrogens with zero attached hydrogens (tertiary/aromatic N) is 3. The fourth-order valence-electron chi connectivity index (χ4n) is 1.84. The molecule has 0 aliphatic carbocycles. The quantitative estimate of drug-likeness (QED) is 0.761. The van der Waals surface area contributed by atoms with Gasteiger partial charge in [-0.25, -0.2) is 4.98 Å². The summed E-state index contributed by atoms with van der Waals surface area (Å²) in [4.78, 5) is 16.0. The molecule has 0 fully saturated rings. The molecule has 2 rings (SSSR count). The molecule has 0 saturated heterocycles. The van der Waals surface area contributed by atoms with E-state index in [1.807, 2.05) is 0 Å². The number of aliphatic hydroxyl groups excluding tert-OH is 1. The van der Waals surface area contributed by atoms with Crippen LogP contribution in [-0.4, -0.2) is 39.4 Å². The molecule has 7 nitrogen and oxygen atoms in total. The zero-order valence-electron chi connectivity index (χ0n) is 11.5.